The molecule has 1 amide bonds. The molecule has 0 saturated carbocycles. The van der Waals surface area contributed by atoms with Gasteiger partial charge < -0.3 is 10.2 Å². The minimum atomic E-state index is -0.0892. The molecule has 4 rings (SSSR count). The zero-order chi connectivity index (χ0) is 19.3. The van der Waals surface area contributed by atoms with Crippen molar-refractivity contribution < 1.29 is 4.79 Å². The lowest BCUT2D eigenvalue weighted by Crippen LogP contribution is -2.28. The Hall–Kier alpha value is -3.72. The van der Waals surface area contributed by atoms with Gasteiger partial charge in [-0.15, -0.1) is 0 Å². The van der Waals surface area contributed by atoms with Crippen LogP contribution in [-0.2, 0) is 0 Å². The van der Waals surface area contributed by atoms with Crippen molar-refractivity contribution >= 4 is 17.4 Å². The van der Waals surface area contributed by atoms with Crippen molar-refractivity contribution in [3.63, 3.8) is 0 Å². The molecule has 2 aromatic carbocycles. The van der Waals surface area contributed by atoms with Gasteiger partial charge in [0, 0.05) is 24.7 Å². The average Bonchev–Trinajstić information content (AvgIpc) is 3.29. The Labute approximate surface area is 163 Å². The van der Waals surface area contributed by atoms with Crippen molar-refractivity contribution in [2.75, 3.05) is 18.4 Å². The molecule has 1 aliphatic heterocycles. The Morgan fingerprint density at radius 3 is 2.46 bits per heavy atom. The summed E-state index contributed by atoms with van der Waals surface area (Å²) >= 11 is 0. The molecular weight excluding hydrogens is 350 g/mol. The van der Waals surface area contributed by atoms with Crippen molar-refractivity contribution in [3.05, 3.63) is 71.9 Å². The molecule has 0 radical (unpaired) electrons. The first-order valence-corrected chi connectivity index (χ1v) is 9.24. The molecule has 2 heterocycles. The maximum absolute atomic E-state index is 12.9. The molecule has 0 unspecified atom stereocenters. The number of hydrogen-bond donors (Lipinski definition) is 1. The van der Waals surface area contributed by atoms with Crippen molar-refractivity contribution in [1.29, 1.82) is 5.26 Å². The maximum Gasteiger partial charge on any atom is 0.272 e. The van der Waals surface area contributed by atoms with Gasteiger partial charge in [0.2, 0.25) is 0 Å². The summed E-state index contributed by atoms with van der Waals surface area (Å²) in [7, 11) is 0. The maximum atomic E-state index is 12.9. The third-order valence-electron chi connectivity index (χ3n) is 4.68. The molecule has 6 heteroatoms. The van der Waals surface area contributed by atoms with Crippen LogP contribution in [-0.4, -0.2) is 33.9 Å². The molecule has 1 aromatic heterocycles. The minimum absolute atomic E-state index is 0.0892. The van der Waals surface area contributed by atoms with E-state index in [0.29, 0.717) is 28.6 Å². The Morgan fingerprint density at radius 2 is 1.71 bits per heavy atom. The summed E-state index contributed by atoms with van der Waals surface area (Å²) < 4.78 is 0. The van der Waals surface area contributed by atoms with Crippen LogP contribution in [0.25, 0.3) is 11.4 Å². The highest BCUT2D eigenvalue weighted by Gasteiger charge is 2.22. The molecule has 0 bridgehead atoms. The fraction of sp³-hybridized carbons (Fsp3) is 0.182. The van der Waals surface area contributed by atoms with Gasteiger partial charge in [-0.2, -0.15) is 5.26 Å². The van der Waals surface area contributed by atoms with Gasteiger partial charge in [-0.1, -0.05) is 42.5 Å². The van der Waals surface area contributed by atoms with E-state index in [2.05, 4.69) is 21.4 Å². The molecule has 3 aromatic rings. The number of nitriles is 1. The van der Waals surface area contributed by atoms with Crippen LogP contribution in [0.15, 0.2) is 60.7 Å². The molecule has 1 saturated heterocycles. The molecule has 28 heavy (non-hydrogen) atoms. The van der Waals surface area contributed by atoms with Crippen molar-refractivity contribution in [2.45, 2.75) is 12.8 Å². The molecular formula is C22H19N5O. The van der Waals surface area contributed by atoms with Crippen LogP contribution in [0.1, 0.15) is 28.9 Å². The molecule has 138 valence electrons. The number of aromatic nitrogens is 2. The van der Waals surface area contributed by atoms with Gasteiger partial charge in [0.1, 0.15) is 17.6 Å². The number of benzene rings is 2. The second kappa shape index (κ2) is 7.89. The third-order valence-corrected chi connectivity index (χ3v) is 4.68. The first-order valence-electron chi connectivity index (χ1n) is 9.24. The lowest BCUT2D eigenvalue weighted by Gasteiger charge is -2.16. The van der Waals surface area contributed by atoms with Crippen molar-refractivity contribution in [1.82, 2.24) is 14.9 Å². The normalized spacial score (nSPS) is 13.2. The summed E-state index contributed by atoms with van der Waals surface area (Å²) in [5, 5.41) is 12.5. The molecule has 1 fully saturated rings. The van der Waals surface area contributed by atoms with Crippen LogP contribution in [0.4, 0.5) is 11.5 Å². The standard InChI is InChI=1S/C22H19N5O/c23-15-17-10-4-5-11-18(17)24-20-14-19(22(28)27-12-6-7-13-27)25-21(26-20)16-8-2-1-3-9-16/h1-5,8-11,14H,6-7,12-13H2,(H,24,25,26). The van der Waals surface area contributed by atoms with E-state index in [1.807, 2.05) is 47.4 Å². The number of carbonyl (C=O) groups is 1. The number of hydrogen-bond acceptors (Lipinski definition) is 5. The second-order valence-electron chi connectivity index (χ2n) is 6.61. The summed E-state index contributed by atoms with van der Waals surface area (Å²) in [5.41, 5.74) is 2.33. The molecule has 0 aliphatic carbocycles. The van der Waals surface area contributed by atoms with Crippen LogP contribution < -0.4 is 5.32 Å². The first kappa shape index (κ1) is 17.7. The summed E-state index contributed by atoms with van der Waals surface area (Å²) in [4.78, 5) is 23.8. The van der Waals surface area contributed by atoms with Gasteiger partial charge in [0.05, 0.1) is 11.3 Å². The van der Waals surface area contributed by atoms with E-state index in [0.717, 1.165) is 31.5 Å². The van der Waals surface area contributed by atoms with Gasteiger partial charge in [0.15, 0.2) is 5.82 Å². The quantitative estimate of drug-likeness (QED) is 0.752. The lowest BCUT2D eigenvalue weighted by molar-refractivity contribution is 0.0787. The van der Waals surface area contributed by atoms with Crippen LogP contribution >= 0.6 is 0 Å². The second-order valence-corrected chi connectivity index (χ2v) is 6.61. The Balaban J connectivity index is 1.75. The molecule has 0 atom stereocenters. The number of anilines is 2. The van der Waals surface area contributed by atoms with Gasteiger partial charge >= 0.3 is 0 Å². The van der Waals surface area contributed by atoms with Crippen LogP contribution in [0, 0.1) is 11.3 Å². The fourth-order valence-corrected chi connectivity index (χ4v) is 3.25. The van der Waals surface area contributed by atoms with Gasteiger partial charge in [0.25, 0.3) is 5.91 Å². The van der Waals surface area contributed by atoms with Crippen LogP contribution in [0.5, 0.6) is 0 Å². The van der Waals surface area contributed by atoms with Gasteiger partial charge in [-0.05, 0) is 25.0 Å². The van der Waals surface area contributed by atoms with E-state index in [4.69, 9.17) is 0 Å². The molecule has 1 aliphatic rings. The zero-order valence-electron chi connectivity index (χ0n) is 15.3. The number of carbonyl (C=O) groups excluding carboxylic acids is 1. The number of rotatable bonds is 4. The largest absolute Gasteiger partial charge is 0.339 e. The monoisotopic (exact) mass is 369 g/mol. The van der Waals surface area contributed by atoms with E-state index in [-0.39, 0.29) is 5.91 Å². The first-order chi connectivity index (χ1) is 13.7. The minimum Gasteiger partial charge on any atom is -0.339 e. The van der Waals surface area contributed by atoms with Crippen molar-refractivity contribution in [3.8, 4) is 17.5 Å². The highest BCUT2D eigenvalue weighted by atomic mass is 16.2. The number of nitrogens with one attached hydrogen (secondary N) is 1. The summed E-state index contributed by atoms with van der Waals surface area (Å²) in [5.74, 6) is 0.871. The lowest BCUT2D eigenvalue weighted by atomic mass is 10.2. The number of para-hydroxylation sites is 1. The van der Waals surface area contributed by atoms with E-state index < -0.39 is 0 Å². The summed E-state index contributed by atoms with van der Waals surface area (Å²) in [6.45, 7) is 1.51. The Bertz CT molecular complexity index is 1040. The summed E-state index contributed by atoms with van der Waals surface area (Å²) in [6, 6.07) is 20.6. The van der Waals surface area contributed by atoms with Crippen LogP contribution in [0.3, 0.4) is 0 Å². The van der Waals surface area contributed by atoms with Gasteiger partial charge in [-0.3, -0.25) is 4.79 Å². The molecule has 0 spiro atoms. The van der Waals surface area contributed by atoms with Gasteiger partial charge in [-0.25, -0.2) is 9.97 Å². The third kappa shape index (κ3) is 3.69. The van der Waals surface area contributed by atoms with E-state index >= 15 is 0 Å². The Morgan fingerprint density at radius 1 is 1.00 bits per heavy atom. The predicted octanol–water partition coefficient (Wildman–Crippen LogP) is 3.99. The molecule has 6 nitrogen and oxygen atoms in total. The summed E-state index contributed by atoms with van der Waals surface area (Å²) in [6.07, 6.45) is 2.03. The fourth-order valence-electron chi connectivity index (χ4n) is 3.25. The van der Waals surface area contributed by atoms with E-state index in [1.54, 1.807) is 18.2 Å². The Kier molecular flexibility index (Phi) is 4.98. The smallest absolute Gasteiger partial charge is 0.272 e. The number of amides is 1. The predicted molar refractivity (Wildman–Crippen MR) is 107 cm³/mol. The number of likely N-dealkylation sites (tertiary alicyclic amines) is 1. The topological polar surface area (TPSA) is 81.9 Å². The van der Waals surface area contributed by atoms with Crippen LogP contribution in [0.2, 0.25) is 0 Å². The highest BCUT2D eigenvalue weighted by molar-refractivity contribution is 5.94. The van der Waals surface area contributed by atoms with E-state index in [1.165, 1.54) is 0 Å². The highest BCUT2D eigenvalue weighted by Crippen LogP contribution is 2.24. The SMILES string of the molecule is N#Cc1ccccc1Nc1cc(C(=O)N2CCCC2)nc(-c2ccccc2)n1. The molecule has 1 N–H and O–H groups in total. The van der Waals surface area contributed by atoms with E-state index in [9.17, 15) is 10.1 Å². The van der Waals surface area contributed by atoms with Crippen molar-refractivity contribution in [2.24, 2.45) is 0 Å². The zero-order valence-corrected chi connectivity index (χ0v) is 15.3. The average molecular weight is 369 g/mol. The number of nitrogens with zero attached hydrogens (tertiary/aromatic N) is 4.